The van der Waals surface area contributed by atoms with Crippen LogP contribution >= 0.6 is 15.9 Å². The van der Waals surface area contributed by atoms with Crippen LogP contribution in [0.1, 0.15) is 29.9 Å². The molecule has 88 valence electrons. The van der Waals surface area contributed by atoms with E-state index in [1.54, 1.807) is 0 Å². The van der Waals surface area contributed by atoms with E-state index in [9.17, 15) is 0 Å². The van der Waals surface area contributed by atoms with Crippen LogP contribution in [0.25, 0.3) is 5.82 Å². The Bertz CT molecular complexity index is 560. The first-order valence-electron chi connectivity index (χ1n) is 5.94. The van der Waals surface area contributed by atoms with E-state index < -0.39 is 0 Å². The average molecular weight is 292 g/mol. The maximum absolute atomic E-state index is 4.60. The summed E-state index contributed by atoms with van der Waals surface area (Å²) in [6.45, 7) is 2.01. The lowest BCUT2D eigenvalue weighted by atomic mass is 10.0. The van der Waals surface area contributed by atoms with Crippen LogP contribution in [-0.2, 0) is 12.8 Å². The highest BCUT2D eigenvalue weighted by atomic mass is 79.9. The Morgan fingerprint density at radius 1 is 1.24 bits per heavy atom. The van der Waals surface area contributed by atoms with Gasteiger partial charge in [-0.1, -0.05) is 0 Å². The Labute approximate surface area is 109 Å². The first kappa shape index (κ1) is 11.0. The number of aryl methyl sites for hydroxylation is 2. The van der Waals surface area contributed by atoms with Crippen LogP contribution in [0.3, 0.4) is 0 Å². The van der Waals surface area contributed by atoms with Crippen LogP contribution in [-0.4, -0.2) is 14.5 Å². The van der Waals surface area contributed by atoms with Gasteiger partial charge in [-0.25, -0.2) is 9.97 Å². The zero-order valence-corrected chi connectivity index (χ0v) is 11.4. The molecule has 0 amide bonds. The molecular weight excluding hydrogens is 278 g/mol. The molecule has 0 spiro atoms. The Morgan fingerprint density at radius 3 is 2.88 bits per heavy atom. The summed E-state index contributed by atoms with van der Waals surface area (Å²) < 4.78 is 3.18. The van der Waals surface area contributed by atoms with E-state index in [0.29, 0.717) is 0 Å². The van der Waals surface area contributed by atoms with Crippen molar-refractivity contribution in [3.05, 3.63) is 40.0 Å². The molecule has 0 fully saturated rings. The van der Waals surface area contributed by atoms with Gasteiger partial charge in [-0.15, -0.1) is 0 Å². The lowest BCUT2D eigenvalue weighted by Gasteiger charge is -2.13. The quantitative estimate of drug-likeness (QED) is 0.808. The molecule has 0 bridgehead atoms. The Balaban J connectivity index is 2.09. The molecule has 3 rings (SSSR count). The van der Waals surface area contributed by atoms with E-state index in [2.05, 4.69) is 30.5 Å². The lowest BCUT2D eigenvalue weighted by Crippen LogP contribution is -2.08. The van der Waals surface area contributed by atoms with Gasteiger partial charge >= 0.3 is 0 Å². The molecule has 3 nitrogen and oxygen atoms in total. The minimum atomic E-state index is 0.973. The predicted molar refractivity (Wildman–Crippen MR) is 70.4 cm³/mol. The Morgan fingerprint density at radius 2 is 2.06 bits per heavy atom. The molecule has 17 heavy (non-hydrogen) atoms. The molecule has 0 aliphatic heterocycles. The number of fused-ring (bicyclic) bond motifs is 1. The maximum atomic E-state index is 4.60. The van der Waals surface area contributed by atoms with Gasteiger partial charge in [0.1, 0.15) is 12.1 Å². The molecule has 0 atom stereocenters. The van der Waals surface area contributed by atoms with Gasteiger partial charge in [0.25, 0.3) is 0 Å². The summed E-state index contributed by atoms with van der Waals surface area (Å²) in [5.41, 5.74) is 3.60. The van der Waals surface area contributed by atoms with Gasteiger partial charge in [0.2, 0.25) is 0 Å². The van der Waals surface area contributed by atoms with Crippen LogP contribution in [0.2, 0.25) is 0 Å². The number of hydrogen-bond acceptors (Lipinski definition) is 2. The third-order valence-corrected chi connectivity index (χ3v) is 4.12. The highest BCUT2D eigenvalue weighted by molar-refractivity contribution is 9.10. The van der Waals surface area contributed by atoms with Crippen molar-refractivity contribution in [3.8, 4) is 5.82 Å². The summed E-state index contributed by atoms with van der Waals surface area (Å²) in [6.07, 6.45) is 6.65. The van der Waals surface area contributed by atoms with Crippen LogP contribution < -0.4 is 0 Å². The van der Waals surface area contributed by atoms with Crippen LogP contribution in [0.5, 0.6) is 0 Å². The van der Waals surface area contributed by atoms with Crippen molar-refractivity contribution in [3.63, 3.8) is 0 Å². The van der Waals surface area contributed by atoms with E-state index in [4.69, 9.17) is 0 Å². The van der Waals surface area contributed by atoms with E-state index in [0.717, 1.165) is 28.8 Å². The molecular formula is C13H14BrN3. The van der Waals surface area contributed by atoms with Gasteiger partial charge in [-0.05, 0) is 60.7 Å². The molecule has 2 aromatic rings. The standard InChI is InChI=1S/C13H14BrN3/c1-9-10(14)6-7-13(16-9)17-8-15-11-4-2-3-5-12(11)17/h6-8H,2-5H2,1H3. The number of rotatable bonds is 1. The predicted octanol–water partition coefficient (Wildman–Crippen LogP) is 3.22. The number of nitrogens with zero attached hydrogens (tertiary/aromatic N) is 3. The topological polar surface area (TPSA) is 30.7 Å². The van der Waals surface area contributed by atoms with Gasteiger partial charge < -0.3 is 0 Å². The second kappa shape index (κ2) is 4.26. The second-order valence-corrected chi connectivity index (χ2v) is 5.31. The van der Waals surface area contributed by atoms with Gasteiger partial charge in [-0.3, -0.25) is 4.57 Å². The molecule has 2 aromatic heterocycles. The monoisotopic (exact) mass is 291 g/mol. The molecule has 0 saturated carbocycles. The fraction of sp³-hybridized carbons (Fsp3) is 0.385. The third-order valence-electron chi connectivity index (χ3n) is 3.28. The number of halogens is 1. The average Bonchev–Trinajstić information content (AvgIpc) is 2.76. The van der Waals surface area contributed by atoms with Crippen molar-refractivity contribution in [2.75, 3.05) is 0 Å². The fourth-order valence-electron chi connectivity index (χ4n) is 2.33. The lowest BCUT2D eigenvalue weighted by molar-refractivity contribution is 0.654. The van der Waals surface area contributed by atoms with Crippen LogP contribution in [0.4, 0.5) is 0 Å². The fourth-order valence-corrected chi connectivity index (χ4v) is 2.55. The number of hydrogen-bond donors (Lipinski definition) is 0. The molecule has 0 unspecified atom stereocenters. The molecule has 4 heteroatoms. The van der Waals surface area contributed by atoms with Crippen LogP contribution in [0.15, 0.2) is 22.9 Å². The largest absolute Gasteiger partial charge is 0.287 e. The summed E-state index contributed by atoms with van der Waals surface area (Å²) in [5.74, 6) is 0.973. The molecule has 2 heterocycles. The van der Waals surface area contributed by atoms with Gasteiger partial charge in [0.05, 0.1) is 11.4 Å². The molecule has 0 aromatic carbocycles. The van der Waals surface area contributed by atoms with Crippen molar-refractivity contribution in [2.45, 2.75) is 32.6 Å². The minimum Gasteiger partial charge on any atom is -0.287 e. The molecule has 1 aliphatic rings. The first-order valence-corrected chi connectivity index (χ1v) is 6.73. The molecule has 0 radical (unpaired) electrons. The van der Waals surface area contributed by atoms with Crippen molar-refractivity contribution in [1.82, 2.24) is 14.5 Å². The summed E-state index contributed by atoms with van der Waals surface area (Å²) in [5, 5.41) is 0. The Kier molecular flexibility index (Phi) is 2.74. The molecule has 0 saturated heterocycles. The summed E-state index contributed by atoms with van der Waals surface area (Å²) in [7, 11) is 0. The van der Waals surface area contributed by atoms with Crippen molar-refractivity contribution in [2.24, 2.45) is 0 Å². The van der Waals surface area contributed by atoms with Crippen molar-refractivity contribution in [1.29, 1.82) is 0 Å². The van der Waals surface area contributed by atoms with Gasteiger partial charge in [-0.2, -0.15) is 0 Å². The molecule has 1 aliphatic carbocycles. The number of imidazole rings is 1. The maximum Gasteiger partial charge on any atom is 0.138 e. The zero-order chi connectivity index (χ0) is 11.8. The Hall–Kier alpha value is -1.16. The normalized spacial score (nSPS) is 14.7. The SMILES string of the molecule is Cc1nc(-n2cnc3c2CCCC3)ccc1Br. The van der Waals surface area contributed by atoms with Crippen molar-refractivity contribution >= 4 is 15.9 Å². The zero-order valence-electron chi connectivity index (χ0n) is 9.78. The second-order valence-electron chi connectivity index (χ2n) is 4.45. The third kappa shape index (κ3) is 1.90. The van der Waals surface area contributed by atoms with E-state index >= 15 is 0 Å². The summed E-state index contributed by atoms with van der Waals surface area (Å²) >= 11 is 3.48. The van der Waals surface area contributed by atoms with Gasteiger partial charge in [0.15, 0.2) is 0 Å². The van der Waals surface area contributed by atoms with E-state index in [-0.39, 0.29) is 0 Å². The smallest absolute Gasteiger partial charge is 0.138 e. The first-order chi connectivity index (χ1) is 8.25. The van der Waals surface area contributed by atoms with Gasteiger partial charge in [0, 0.05) is 10.2 Å². The highest BCUT2D eigenvalue weighted by Gasteiger charge is 2.16. The summed E-state index contributed by atoms with van der Waals surface area (Å²) in [4.78, 5) is 9.10. The minimum absolute atomic E-state index is 0.973. The van der Waals surface area contributed by atoms with E-state index in [1.165, 1.54) is 24.2 Å². The highest BCUT2D eigenvalue weighted by Crippen LogP contribution is 2.23. The van der Waals surface area contributed by atoms with E-state index in [1.807, 2.05) is 25.4 Å². The molecule has 0 N–H and O–H groups in total. The number of aromatic nitrogens is 3. The van der Waals surface area contributed by atoms with Crippen molar-refractivity contribution < 1.29 is 0 Å². The number of pyridine rings is 1. The van der Waals surface area contributed by atoms with Crippen LogP contribution in [0, 0.1) is 6.92 Å². The summed E-state index contributed by atoms with van der Waals surface area (Å²) in [6, 6.07) is 4.08.